The highest BCUT2D eigenvalue weighted by Crippen LogP contribution is 2.35. The fraction of sp³-hybridized carbons (Fsp3) is 1.00. The van der Waals surface area contributed by atoms with Gasteiger partial charge in [-0.05, 0) is 12.8 Å². The standard InChI is InChI=1S/C6H11NS.ClH/c1-2-6-4-7-3-5(1)8-6;/h5-7H,1-4H2;1H/t5-,6+;. The summed E-state index contributed by atoms with van der Waals surface area (Å²) in [7, 11) is 0. The lowest BCUT2D eigenvalue weighted by atomic mass is 10.2. The molecule has 0 saturated carbocycles. The molecule has 0 unspecified atom stereocenters. The van der Waals surface area contributed by atoms with Crippen LogP contribution in [0.15, 0.2) is 0 Å². The van der Waals surface area contributed by atoms with Crippen LogP contribution in [0.5, 0.6) is 0 Å². The van der Waals surface area contributed by atoms with Gasteiger partial charge in [-0.2, -0.15) is 11.8 Å². The number of rotatable bonds is 0. The first-order valence-corrected chi connectivity index (χ1v) is 4.25. The summed E-state index contributed by atoms with van der Waals surface area (Å²) in [6.07, 6.45) is 2.92. The third-order valence-corrected chi connectivity index (χ3v) is 3.51. The average molecular weight is 166 g/mol. The minimum absolute atomic E-state index is 0. The molecule has 2 aliphatic rings. The predicted octanol–water partition coefficient (Wildman–Crippen LogP) is 1.28. The molecule has 1 nitrogen and oxygen atoms in total. The molecule has 0 radical (unpaired) electrons. The van der Waals surface area contributed by atoms with Crippen molar-refractivity contribution < 1.29 is 0 Å². The fourth-order valence-electron chi connectivity index (χ4n) is 1.49. The number of halogens is 1. The van der Waals surface area contributed by atoms with Crippen molar-refractivity contribution in [3.8, 4) is 0 Å². The van der Waals surface area contributed by atoms with E-state index in [-0.39, 0.29) is 12.4 Å². The number of hydrogen-bond acceptors (Lipinski definition) is 2. The van der Waals surface area contributed by atoms with Crippen molar-refractivity contribution >= 4 is 24.2 Å². The molecule has 0 aromatic heterocycles. The van der Waals surface area contributed by atoms with E-state index in [1.54, 1.807) is 0 Å². The average Bonchev–Trinajstić information content (AvgIpc) is 2.12. The van der Waals surface area contributed by atoms with E-state index in [1.165, 1.54) is 25.9 Å². The Bertz CT molecular complexity index is 85.1. The normalized spacial score (nSPS) is 40.0. The van der Waals surface area contributed by atoms with Gasteiger partial charge < -0.3 is 5.32 Å². The van der Waals surface area contributed by atoms with E-state index in [0.29, 0.717) is 0 Å². The van der Waals surface area contributed by atoms with Crippen LogP contribution in [0, 0.1) is 0 Å². The van der Waals surface area contributed by atoms with E-state index >= 15 is 0 Å². The Kier molecular flexibility index (Phi) is 2.68. The molecule has 0 aromatic rings. The molecule has 2 saturated heterocycles. The maximum Gasteiger partial charge on any atom is 0.0176 e. The molecule has 0 amide bonds. The molecule has 2 rings (SSSR count). The lowest BCUT2D eigenvalue weighted by molar-refractivity contribution is 0.690. The minimum Gasteiger partial charge on any atom is -0.315 e. The number of fused-ring (bicyclic) bond motifs is 2. The van der Waals surface area contributed by atoms with Gasteiger partial charge in [-0.1, -0.05) is 0 Å². The summed E-state index contributed by atoms with van der Waals surface area (Å²) in [5, 5.41) is 5.36. The number of hydrogen-bond donors (Lipinski definition) is 1. The van der Waals surface area contributed by atoms with Gasteiger partial charge in [0, 0.05) is 23.6 Å². The quantitative estimate of drug-likeness (QED) is 0.581. The maximum absolute atomic E-state index is 3.43. The van der Waals surface area contributed by atoms with E-state index in [1.807, 2.05) is 0 Å². The second kappa shape index (κ2) is 3.13. The molecule has 2 bridgehead atoms. The smallest absolute Gasteiger partial charge is 0.0176 e. The lowest BCUT2D eigenvalue weighted by Crippen LogP contribution is -2.32. The van der Waals surface area contributed by atoms with Gasteiger partial charge in [0.05, 0.1) is 0 Å². The summed E-state index contributed by atoms with van der Waals surface area (Å²) in [6.45, 7) is 2.53. The van der Waals surface area contributed by atoms with E-state index in [9.17, 15) is 0 Å². The van der Waals surface area contributed by atoms with Crippen LogP contribution in [0.25, 0.3) is 0 Å². The molecule has 2 aliphatic heterocycles. The largest absolute Gasteiger partial charge is 0.315 e. The van der Waals surface area contributed by atoms with Crippen molar-refractivity contribution in [2.75, 3.05) is 13.1 Å². The summed E-state index contributed by atoms with van der Waals surface area (Å²) < 4.78 is 0. The van der Waals surface area contributed by atoms with Crippen molar-refractivity contribution in [3.05, 3.63) is 0 Å². The van der Waals surface area contributed by atoms with Gasteiger partial charge in [0.15, 0.2) is 0 Å². The van der Waals surface area contributed by atoms with E-state index in [4.69, 9.17) is 0 Å². The second-order valence-electron chi connectivity index (χ2n) is 2.62. The number of nitrogens with one attached hydrogen (secondary N) is 1. The van der Waals surface area contributed by atoms with Crippen LogP contribution in [0.4, 0.5) is 0 Å². The van der Waals surface area contributed by atoms with Crippen LogP contribution in [-0.4, -0.2) is 23.6 Å². The zero-order valence-electron chi connectivity index (χ0n) is 5.30. The Labute approximate surface area is 66.4 Å². The highest BCUT2D eigenvalue weighted by Gasteiger charge is 2.28. The second-order valence-corrected chi connectivity index (χ2v) is 4.22. The van der Waals surface area contributed by atoms with Crippen molar-refractivity contribution in [3.63, 3.8) is 0 Å². The van der Waals surface area contributed by atoms with Crippen LogP contribution < -0.4 is 5.32 Å². The molecular weight excluding hydrogens is 154 g/mol. The molecule has 54 valence electrons. The Morgan fingerprint density at radius 1 is 1.11 bits per heavy atom. The minimum atomic E-state index is 0. The topological polar surface area (TPSA) is 12.0 Å². The van der Waals surface area contributed by atoms with Gasteiger partial charge >= 0.3 is 0 Å². The molecule has 2 atom stereocenters. The van der Waals surface area contributed by atoms with Gasteiger partial charge in [0.1, 0.15) is 0 Å². The Morgan fingerprint density at radius 3 is 2.11 bits per heavy atom. The van der Waals surface area contributed by atoms with E-state index in [2.05, 4.69) is 17.1 Å². The van der Waals surface area contributed by atoms with Crippen LogP contribution in [0.2, 0.25) is 0 Å². The molecule has 9 heavy (non-hydrogen) atoms. The highest BCUT2D eigenvalue weighted by molar-refractivity contribution is 8.00. The Morgan fingerprint density at radius 2 is 1.67 bits per heavy atom. The van der Waals surface area contributed by atoms with Gasteiger partial charge in [0.25, 0.3) is 0 Å². The van der Waals surface area contributed by atoms with Crippen molar-refractivity contribution in [2.24, 2.45) is 0 Å². The monoisotopic (exact) mass is 165 g/mol. The third kappa shape index (κ3) is 1.54. The zero-order chi connectivity index (χ0) is 5.40. The molecule has 3 heteroatoms. The lowest BCUT2D eigenvalue weighted by Gasteiger charge is -2.18. The van der Waals surface area contributed by atoms with Crippen molar-refractivity contribution in [1.82, 2.24) is 5.32 Å². The fourth-order valence-corrected chi connectivity index (χ4v) is 3.00. The molecule has 0 spiro atoms. The summed E-state index contributed by atoms with van der Waals surface area (Å²) in [4.78, 5) is 0. The van der Waals surface area contributed by atoms with Crippen LogP contribution >= 0.6 is 24.2 Å². The molecule has 0 aromatic carbocycles. The Hall–Kier alpha value is 0.600. The number of thioether (sulfide) groups is 1. The zero-order valence-corrected chi connectivity index (χ0v) is 6.93. The summed E-state index contributed by atoms with van der Waals surface area (Å²) in [6, 6.07) is 0. The third-order valence-electron chi connectivity index (χ3n) is 1.94. The van der Waals surface area contributed by atoms with Crippen LogP contribution in [-0.2, 0) is 0 Å². The molecule has 2 heterocycles. The summed E-state index contributed by atoms with van der Waals surface area (Å²) in [5.74, 6) is 0. The van der Waals surface area contributed by atoms with E-state index in [0.717, 1.165) is 10.5 Å². The first kappa shape index (κ1) is 7.70. The van der Waals surface area contributed by atoms with Crippen LogP contribution in [0.3, 0.4) is 0 Å². The van der Waals surface area contributed by atoms with Gasteiger partial charge in [-0.25, -0.2) is 0 Å². The maximum atomic E-state index is 3.43. The summed E-state index contributed by atoms with van der Waals surface area (Å²) in [5.41, 5.74) is 0. The van der Waals surface area contributed by atoms with Gasteiger partial charge in [-0.3, -0.25) is 0 Å². The molecule has 1 N–H and O–H groups in total. The van der Waals surface area contributed by atoms with Gasteiger partial charge in [0.2, 0.25) is 0 Å². The van der Waals surface area contributed by atoms with Gasteiger partial charge in [-0.15, -0.1) is 12.4 Å². The first-order chi connectivity index (χ1) is 3.95. The van der Waals surface area contributed by atoms with Crippen molar-refractivity contribution in [1.29, 1.82) is 0 Å². The SMILES string of the molecule is C1C[C@H]2CNC[C@@H]1S2.Cl. The van der Waals surface area contributed by atoms with Crippen molar-refractivity contribution in [2.45, 2.75) is 23.3 Å². The summed E-state index contributed by atoms with van der Waals surface area (Å²) >= 11 is 2.19. The van der Waals surface area contributed by atoms with Crippen LogP contribution in [0.1, 0.15) is 12.8 Å². The predicted molar refractivity (Wildman–Crippen MR) is 44.5 cm³/mol. The molecular formula is C6H12ClNS. The highest BCUT2D eigenvalue weighted by atomic mass is 35.5. The van der Waals surface area contributed by atoms with E-state index < -0.39 is 0 Å². The first-order valence-electron chi connectivity index (χ1n) is 3.31. The molecule has 0 aliphatic carbocycles. The molecule has 2 fully saturated rings. The Balaban J connectivity index is 0.000000405.